The Balaban J connectivity index is 1.72. The number of nitrogens with one attached hydrogen (secondary N) is 1. The van der Waals surface area contributed by atoms with Gasteiger partial charge in [-0.2, -0.15) is 0 Å². The number of urea groups is 1. The number of aryl methyl sites for hydroxylation is 2. The van der Waals surface area contributed by atoms with Crippen molar-refractivity contribution in [3.05, 3.63) is 87.6 Å². The summed E-state index contributed by atoms with van der Waals surface area (Å²) in [6, 6.07) is 21.5. The van der Waals surface area contributed by atoms with E-state index in [0.29, 0.717) is 19.6 Å². The summed E-state index contributed by atoms with van der Waals surface area (Å²) in [6.45, 7) is 7.68. The molecule has 5 nitrogen and oxygen atoms in total. The SMILES string of the molecule is CCCN(CC(=O)N(Cc1ccccc1)Cc1ccc(C)s1)C(=O)Nc1ccc(C)cc1. The number of thiophene rings is 1. The maximum atomic E-state index is 13.4. The molecule has 0 bridgehead atoms. The largest absolute Gasteiger partial charge is 0.332 e. The fourth-order valence-corrected chi connectivity index (χ4v) is 4.33. The number of hydrogen-bond donors (Lipinski definition) is 1. The van der Waals surface area contributed by atoms with Gasteiger partial charge < -0.3 is 15.1 Å². The van der Waals surface area contributed by atoms with Crippen LogP contribution in [0.2, 0.25) is 0 Å². The molecule has 1 aromatic heterocycles. The van der Waals surface area contributed by atoms with Gasteiger partial charge in [-0.05, 0) is 50.1 Å². The highest BCUT2D eigenvalue weighted by Gasteiger charge is 2.22. The van der Waals surface area contributed by atoms with Crippen LogP contribution in [0.5, 0.6) is 0 Å². The molecule has 0 saturated heterocycles. The summed E-state index contributed by atoms with van der Waals surface area (Å²) in [5, 5.41) is 2.92. The van der Waals surface area contributed by atoms with Gasteiger partial charge in [0.1, 0.15) is 6.54 Å². The van der Waals surface area contributed by atoms with Crippen LogP contribution in [0.15, 0.2) is 66.7 Å². The van der Waals surface area contributed by atoms with Crippen LogP contribution in [0.4, 0.5) is 10.5 Å². The highest BCUT2D eigenvalue weighted by atomic mass is 32.1. The summed E-state index contributed by atoms with van der Waals surface area (Å²) >= 11 is 1.70. The van der Waals surface area contributed by atoms with Gasteiger partial charge >= 0.3 is 6.03 Å². The minimum atomic E-state index is -0.254. The minimum Gasteiger partial charge on any atom is -0.332 e. The van der Waals surface area contributed by atoms with Gasteiger partial charge in [-0.25, -0.2) is 4.79 Å². The molecule has 0 saturated carbocycles. The Labute approximate surface area is 194 Å². The molecule has 6 heteroatoms. The Morgan fingerprint density at radius 1 is 0.875 bits per heavy atom. The maximum absolute atomic E-state index is 13.4. The van der Waals surface area contributed by atoms with Crippen LogP contribution >= 0.6 is 11.3 Å². The maximum Gasteiger partial charge on any atom is 0.322 e. The Bertz CT molecular complexity index is 1020. The van der Waals surface area contributed by atoms with Gasteiger partial charge in [0, 0.05) is 28.5 Å². The average molecular weight is 450 g/mol. The molecule has 0 aliphatic heterocycles. The predicted octanol–water partition coefficient (Wildman–Crippen LogP) is 5.84. The molecule has 3 rings (SSSR count). The normalized spacial score (nSPS) is 10.6. The molecule has 0 atom stereocenters. The molecule has 0 unspecified atom stereocenters. The van der Waals surface area contributed by atoms with Crippen LogP contribution in [0.3, 0.4) is 0 Å². The zero-order chi connectivity index (χ0) is 22.9. The molecule has 0 aliphatic carbocycles. The third kappa shape index (κ3) is 6.95. The Morgan fingerprint density at radius 2 is 1.59 bits per heavy atom. The standard InChI is InChI=1S/C26H31N3O2S/c1-4-16-28(26(31)27-23-13-10-20(2)11-14-23)19-25(30)29(17-22-8-6-5-7-9-22)18-24-15-12-21(3)32-24/h5-15H,4,16-19H2,1-3H3,(H,27,31). The molecule has 1 N–H and O–H groups in total. The van der Waals surface area contributed by atoms with Crippen molar-refractivity contribution in [1.82, 2.24) is 9.80 Å². The van der Waals surface area contributed by atoms with Gasteiger partial charge in [-0.3, -0.25) is 4.79 Å². The van der Waals surface area contributed by atoms with E-state index in [-0.39, 0.29) is 18.5 Å². The van der Waals surface area contributed by atoms with E-state index in [4.69, 9.17) is 0 Å². The monoisotopic (exact) mass is 449 g/mol. The van der Waals surface area contributed by atoms with E-state index in [1.165, 1.54) is 4.88 Å². The summed E-state index contributed by atoms with van der Waals surface area (Å²) < 4.78 is 0. The summed E-state index contributed by atoms with van der Waals surface area (Å²) in [7, 11) is 0. The first-order valence-corrected chi connectivity index (χ1v) is 11.8. The van der Waals surface area contributed by atoms with Crippen LogP contribution < -0.4 is 5.32 Å². The molecule has 1 heterocycles. The fourth-order valence-electron chi connectivity index (χ4n) is 3.42. The van der Waals surface area contributed by atoms with E-state index < -0.39 is 0 Å². The molecule has 3 aromatic rings. The second-order valence-electron chi connectivity index (χ2n) is 7.97. The average Bonchev–Trinajstić information content (AvgIpc) is 3.20. The molecule has 0 aliphatic rings. The lowest BCUT2D eigenvalue weighted by Gasteiger charge is -2.27. The molecule has 0 radical (unpaired) electrons. The second kappa shape index (κ2) is 11.5. The summed E-state index contributed by atoms with van der Waals surface area (Å²) in [4.78, 5) is 32.1. The number of benzene rings is 2. The molecule has 0 spiro atoms. The van der Waals surface area contributed by atoms with Crippen molar-refractivity contribution in [3.8, 4) is 0 Å². The summed E-state index contributed by atoms with van der Waals surface area (Å²) in [6.07, 6.45) is 0.775. The highest BCUT2D eigenvalue weighted by Crippen LogP contribution is 2.19. The van der Waals surface area contributed by atoms with E-state index in [0.717, 1.165) is 28.1 Å². The third-order valence-corrected chi connectivity index (χ3v) is 6.11. The van der Waals surface area contributed by atoms with Crippen molar-refractivity contribution in [2.45, 2.75) is 40.3 Å². The molecule has 168 valence electrons. The topological polar surface area (TPSA) is 52.7 Å². The number of amides is 3. The molecular weight excluding hydrogens is 418 g/mol. The Kier molecular flexibility index (Phi) is 8.45. The van der Waals surface area contributed by atoms with Crippen LogP contribution in [-0.4, -0.2) is 34.8 Å². The van der Waals surface area contributed by atoms with E-state index in [1.807, 2.05) is 73.3 Å². The van der Waals surface area contributed by atoms with Gasteiger partial charge in [-0.15, -0.1) is 11.3 Å². The first kappa shape index (κ1) is 23.5. The number of carbonyl (C=O) groups is 2. The Hall–Kier alpha value is -3.12. The Morgan fingerprint density at radius 3 is 2.22 bits per heavy atom. The smallest absolute Gasteiger partial charge is 0.322 e. The zero-order valence-electron chi connectivity index (χ0n) is 19.0. The number of nitrogens with zero attached hydrogens (tertiary/aromatic N) is 2. The highest BCUT2D eigenvalue weighted by molar-refractivity contribution is 7.11. The first-order valence-electron chi connectivity index (χ1n) is 10.9. The fraction of sp³-hybridized carbons (Fsp3) is 0.308. The van der Waals surface area contributed by atoms with Gasteiger partial charge in [-0.1, -0.05) is 55.0 Å². The molecule has 2 aromatic carbocycles. The number of hydrogen-bond acceptors (Lipinski definition) is 3. The van der Waals surface area contributed by atoms with Crippen molar-refractivity contribution < 1.29 is 9.59 Å². The molecular formula is C26H31N3O2S. The minimum absolute atomic E-state index is 0.0444. The van der Waals surface area contributed by atoms with Crippen molar-refractivity contribution in [3.63, 3.8) is 0 Å². The van der Waals surface area contributed by atoms with Crippen LogP contribution in [-0.2, 0) is 17.9 Å². The quantitative estimate of drug-likeness (QED) is 0.446. The van der Waals surface area contributed by atoms with Crippen LogP contribution in [0.25, 0.3) is 0 Å². The lowest BCUT2D eigenvalue weighted by molar-refractivity contribution is -0.133. The summed E-state index contributed by atoms with van der Waals surface area (Å²) in [5.41, 5.74) is 2.92. The number of anilines is 1. The van der Waals surface area contributed by atoms with Crippen LogP contribution in [0.1, 0.15) is 34.2 Å². The van der Waals surface area contributed by atoms with Crippen molar-refractivity contribution >= 4 is 29.0 Å². The summed E-state index contributed by atoms with van der Waals surface area (Å²) in [5.74, 6) is -0.0626. The van der Waals surface area contributed by atoms with Crippen molar-refractivity contribution in [1.29, 1.82) is 0 Å². The van der Waals surface area contributed by atoms with Crippen molar-refractivity contribution in [2.75, 3.05) is 18.4 Å². The van der Waals surface area contributed by atoms with Crippen molar-refractivity contribution in [2.24, 2.45) is 0 Å². The lowest BCUT2D eigenvalue weighted by Crippen LogP contribution is -2.44. The van der Waals surface area contributed by atoms with Gasteiger partial charge in [0.25, 0.3) is 0 Å². The first-order chi connectivity index (χ1) is 15.4. The van der Waals surface area contributed by atoms with Gasteiger partial charge in [0.2, 0.25) is 5.91 Å². The van der Waals surface area contributed by atoms with E-state index in [1.54, 1.807) is 16.2 Å². The number of rotatable bonds is 9. The van der Waals surface area contributed by atoms with Crippen LogP contribution in [0, 0.1) is 13.8 Å². The van der Waals surface area contributed by atoms with Gasteiger partial charge in [0.05, 0.1) is 6.54 Å². The molecule has 0 fully saturated rings. The second-order valence-corrected chi connectivity index (χ2v) is 9.34. The zero-order valence-corrected chi connectivity index (χ0v) is 19.8. The van der Waals surface area contributed by atoms with Gasteiger partial charge in [0.15, 0.2) is 0 Å². The predicted molar refractivity (Wildman–Crippen MR) is 132 cm³/mol. The lowest BCUT2D eigenvalue weighted by atomic mass is 10.2. The van der Waals surface area contributed by atoms with E-state index in [2.05, 4.69) is 24.4 Å². The molecule has 32 heavy (non-hydrogen) atoms. The van der Waals surface area contributed by atoms with E-state index >= 15 is 0 Å². The van der Waals surface area contributed by atoms with E-state index in [9.17, 15) is 9.59 Å². The molecule has 3 amide bonds. The number of carbonyl (C=O) groups excluding carboxylic acids is 2. The third-order valence-electron chi connectivity index (χ3n) is 5.12.